The maximum atomic E-state index is 12.5. The predicted molar refractivity (Wildman–Crippen MR) is 113 cm³/mol. The van der Waals surface area contributed by atoms with E-state index in [1.165, 1.54) is 0 Å². The molecule has 156 valence electrons. The number of aryl methyl sites for hydroxylation is 1. The molecule has 1 aromatic heterocycles. The van der Waals surface area contributed by atoms with Gasteiger partial charge in [0, 0.05) is 19.5 Å². The van der Waals surface area contributed by atoms with Crippen molar-refractivity contribution >= 4 is 22.9 Å². The number of esters is 1. The highest BCUT2D eigenvalue weighted by Gasteiger charge is 2.37. The lowest BCUT2D eigenvalue weighted by atomic mass is 10.1. The number of benzene rings is 2. The van der Waals surface area contributed by atoms with Crippen LogP contribution >= 0.6 is 0 Å². The van der Waals surface area contributed by atoms with Crippen molar-refractivity contribution in [2.75, 3.05) is 13.2 Å². The minimum atomic E-state index is -0.445. The number of amides is 1. The van der Waals surface area contributed by atoms with E-state index in [4.69, 9.17) is 4.74 Å². The summed E-state index contributed by atoms with van der Waals surface area (Å²) < 4.78 is 7.06. The first-order valence-electron chi connectivity index (χ1n) is 10.2. The number of aromatic nitrogens is 2. The highest BCUT2D eigenvalue weighted by Crippen LogP contribution is 2.29. The van der Waals surface area contributed by atoms with Crippen molar-refractivity contribution in [3.8, 4) is 0 Å². The maximum Gasteiger partial charge on any atom is 0.326 e. The number of hydrogen-bond donors (Lipinski definition) is 1. The van der Waals surface area contributed by atoms with Gasteiger partial charge in [-0.3, -0.25) is 14.2 Å². The fourth-order valence-electron chi connectivity index (χ4n) is 4.02. The summed E-state index contributed by atoms with van der Waals surface area (Å²) in [6.07, 6.45) is 0.705. The summed E-state index contributed by atoms with van der Waals surface area (Å²) in [5, 5.41) is 0. The van der Waals surface area contributed by atoms with Gasteiger partial charge in [0.15, 0.2) is 0 Å². The van der Waals surface area contributed by atoms with E-state index in [0.717, 1.165) is 16.6 Å². The van der Waals surface area contributed by atoms with Gasteiger partial charge in [0.1, 0.15) is 0 Å². The van der Waals surface area contributed by atoms with E-state index < -0.39 is 5.92 Å². The van der Waals surface area contributed by atoms with Crippen LogP contribution in [0.3, 0.4) is 0 Å². The van der Waals surface area contributed by atoms with Crippen LogP contribution in [0, 0.1) is 5.92 Å². The van der Waals surface area contributed by atoms with Crippen LogP contribution in [0.4, 0.5) is 0 Å². The third kappa shape index (κ3) is 4.01. The van der Waals surface area contributed by atoms with Gasteiger partial charge in [-0.25, -0.2) is 4.79 Å². The Morgan fingerprint density at radius 2 is 1.87 bits per heavy atom. The maximum absolute atomic E-state index is 12.5. The van der Waals surface area contributed by atoms with Crippen molar-refractivity contribution in [2.45, 2.75) is 32.4 Å². The number of rotatable bonds is 7. The second-order valence-corrected chi connectivity index (χ2v) is 7.65. The molecule has 0 radical (unpaired) electrons. The van der Waals surface area contributed by atoms with E-state index in [1.807, 2.05) is 61.5 Å². The van der Waals surface area contributed by atoms with E-state index in [0.29, 0.717) is 19.5 Å². The van der Waals surface area contributed by atoms with Gasteiger partial charge >= 0.3 is 11.7 Å². The van der Waals surface area contributed by atoms with Gasteiger partial charge in [0.2, 0.25) is 5.91 Å². The highest BCUT2D eigenvalue weighted by molar-refractivity contribution is 5.87. The van der Waals surface area contributed by atoms with Crippen molar-refractivity contribution in [3.05, 3.63) is 70.6 Å². The van der Waals surface area contributed by atoms with Crippen LogP contribution in [0.25, 0.3) is 11.0 Å². The zero-order chi connectivity index (χ0) is 21.1. The molecule has 1 N–H and O–H groups in total. The lowest BCUT2D eigenvalue weighted by Crippen LogP contribution is -2.29. The molecule has 2 atom stereocenters. The van der Waals surface area contributed by atoms with Crippen LogP contribution in [0.1, 0.15) is 31.4 Å². The molecule has 2 aromatic carbocycles. The summed E-state index contributed by atoms with van der Waals surface area (Å²) in [6.45, 7) is 3.01. The Kier molecular flexibility index (Phi) is 5.70. The molecule has 30 heavy (non-hydrogen) atoms. The lowest BCUT2D eigenvalue weighted by Gasteiger charge is -2.25. The van der Waals surface area contributed by atoms with E-state index in [9.17, 15) is 14.4 Å². The van der Waals surface area contributed by atoms with Crippen LogP contribution < -0.4 is 5.69 Å². The quantitative estimate of drug-likeness (QED) is 0.482. The van der Waals surface area contributed by atoms with Gasteiger partial charge in [-0.05, 0) is 31.0 Å². The minimum absolute atomic E-state index is 0.0290. The average Bonchev–Trinajstić information content (AvgIpc) is 3.30. The third-order valence-electron chi connectivity index (χ3n) is 5.69. The Hall–Kier alpha value is -3.35. The second kappa shape index (κ2) is 8.57. The first kappa shape index (κ1) is 19.9. The molecule has 2 heterocycles. The van der Waals surface area contributed by atoms with Gasteiger partial charge in [-0.1, -0.05) is 42.5 Å². The molecule has 1 fully saturated rings. The number of hydrogen-bond acceptors (Lipinski definition) is 4. The number of carbonyl (C=O) groups is 2. The van der Waals surface area contributed by atoms with Crippen LogP contribution in [0.5, 0.6) is 0 Å². The number of nitrogens with one attached hydrogen (secondary N) is 1. The summed E-state index contributed by atoms with van der Waals surface area (Å²) in [6, 6.07) is 17.2. The molecule has 1 saturated heterocycles. The number of imidazole rings is 1. The first-order valence-corrected chi connectivity index (χ1v) is 10.2. The summed E-state index contributed by atoms with van der Waals surface area (Å²) in [7, 11) is 0. The summed E-state index contributed by atoms with van der Waals surface area (Å²) in [5.74, 6) is -0.824. The molecule has 1 aliphatic heterocycles. The van der Waals surface area contributed by atoms with Gasteiger partial charge in [0.05, 0.1) is 29.6 Å². The molecule has 0 bridgehead atoms. The van der Waals surface area contributed by atoms with Crippen molar-refractivity contribution in [3.63, 3.8) is 0 Å². The number of carbonyl (C=O) groups excluding carboxylic acids is 2. The smallest absolute Gasteiger partial charge is 0.326 e. The second-order valence-electron chi connectivity index (χ2n) is 7.65. The number of H-pyrrole nitrogens is 1. The fraction of sp³-hybridized carbons (Fsp3) is 0.348. The van der Waals surface area contributed by atoms with Gasteiger partial charge in [-0.2, -0.15) is 0 Å². The zero-order valence-corrected chi connectivity index (χ0v) is 16.9. The van der Waals surface area contributed by atoms with Crippen LogP contribution in [0.15, 0.2) is 59.4 Å². The molecular formula is C23H25N3O4. The normalized spacial score (nSPS) is 17.4. The Balaban J connectivity index is 1.29. The molecule has 4 rings (SSSR count). The average molecular weight is 407 g/mol. The van der Waals surface area contributed by atoms with E-state index in [-0.39, 0.29) is 36.6 Å². The van der Waals surface area contributed by atoms with Gasteiger partial charge in [0.25, 0.3) is 0 Å². The van der Waals surface area contributed by atoms with Crippen LogP contribution in [-0.2, 0) is 20.9 Å². The van der Waals surface area contributed by atoms with Crippen molar-refractivity contribution in [1.29, 1.82) is 0 Å². The summed E-state index contributed by atoms with van der Waals surface area (Å²) in [5.41, 5.74) is 2.50. The number of aromatic amines is 1. The number of nitrogens with zero attached hydrogens (tertiary/aromatic N) is 2. The molecule has 0 unspecified atom stereocenters. The van der Waals surface area contributed by atoms with Gasteiger partial charge in [-0.15, -0.1) is 0 Å². The molecule has 3 aromatic rings. The molecule has 0 saturated carbocycles. The largest absolute Gasteiger partial charge is 0.465 e. The van der Waals surface area contributed by atoms with Crippen LogP contribution in [-0.4, -0.2) is 39.5 Å². The number of ether oxygens (including phenoxy) is 1. The monoisotopic (exact) mass is 407 g/mol. The molecule has 7 heteroatoms. The van der Waals surface area contributed by atoms with E-state index >= 15 is 0 Å². The van der Waals surface area contributed by atoms with Crippen LogP contribution in [0.2, 0.25) is 0 Å². The fourth-order valence-corrected chi connectivity index (χ4v) is 4.02. The first-order chi connectivity index (χ1) is 14.5. The number of likely N-dealkylation sites (tertiary alicyclic amines) is 1. The molecule has 0 aliphatic carbocycles. The van der Waals surface area contributed by atoms with E-state index in [2.05, 4.69) is 4.98 Å². The van der Waals surface area contributed by atoms with Crippen molar-refractivity contribution < 1.29 is 14.3 Å². The topological polar surface area (TPSA) is 84.4 Å². The Labute approximate surface area is 174 Å². The molecule has 0 spiro atoms. The molecular weight excluding hydrogens is 382 g/mol. The van der Waals surface area contributed by atoms with Crippen molar-refractivity contribution in [1.82, 2.24) is 14.5 Å². The Morgan fingerprint density at radius 3 is 2.67 bits per heavy atom. The third-order valence-corrected chi connectivity index (χ3v) is 5.69. The highest BCUT2D eigenvalue weighted by atomic mass is 16.5. The zero-order valence-electron chi connectivity index (χ0n) is 16.9. The van der Waals surface area contributed by atoms with Gasteiger partial charge < -0.3 is 14.6 Å². The Morgan fingerprint density at radius 1 is 1.13 bits per heavy atom. The number of para-hydroxylation sites is 2. The summed E-state index contributed by atoms with van der Waals surface area (Å²) >= 11 is 0. The van der Waals surface area contributed by atoms with Crippen molar-refractivity contribution in [2.24, 2.45) is 5.92 Å². The molecule has 7 nitrogen and oxygen atoms in total. The Bertz CT molecular complexity index is 1100. The summed E-state index contributed by atoms with van der Waals surface area (Å²) in [4.78, 5) is 41.5. The predicted octanol–water partition coefficient (Wildman–Crippen LogP) is 2.87. The molecule has 1 aliphatic rings. The lowest BCUT2D eigenvalue weighted by molar-refractivity contribution is -0.148. The standard InChI is InChI=1S/C23H25N3O4/c1-16(17-8-3-2-4-9-17)26-15-18(14-21(26)27)22(28)30-13-7-12-25-20-11-6-5-10-19(20)24-23(25)29/h2-6,8-11,16,18H,7,12-15H2,1H3,(H,24,29)/t16-,18+/m0/s1. The number of fused-ring (bicyclic) bond motifs is 1. The van der Waals surface area contributed by atoms with E-state index in [1.54, 1.807) is 9.47 Å². The SMILES string of the molecule is C[C@@H](c1ccccc1)N1C[C@H](C(=O)OCCCn2c(=O)[nH]c3ccccc32)CC1=O. The molecule has 1 amide bonds. The minimum Gasteiger partial charge on any atom is -0.465 e.